The molecule has 2 rings (SSSR count). The van der Waals surface area contributed by atoms with E-state index < -0.39 is 5.91 Å². The number of carbonyl (C=O) groups excluding carboxylic acids is 1. The minimum atomic E-state index is -0.422. The van der Waals surface area contributed by atoms with Crippen LogP contribution in [0.15, 0.2) is 29.9 Å². The third kappa shape index (κ3) is 2.14. The number of nitrogens with two attached hydrogens (primary N) is 1. The van der Waals surface area contributed by atoms with Crippen LogP contribution in [0.1, 0.15) is 35.7 Å². The van der Waals surface area contributed by atoms with Gasteiger partial charge in [0.1, 0.15) is 0 Å². The Balaban J connectivity index is 2.34. The van der Waals surface area contributed by atoms with Crippen LogP contribution in [0, 0.1) is 12.1 Å². The summed E-state index contributed by atoms with van der Waals surface area (Å²) in [6.07, 6.45) is 6.21. The molecular formula is C14H13NO. The van der Waals surface area contributed by atoms with Gasteiger partial charge in [-0.2, -0.15) is 0 Å². The van der Waals surface area contributed by atoms with Crippen LogP contribution in [-0.2, 0) is 0 Å². The molecule has 0 radical (unpaired) electrons. The van der Waals surface area contributed by atoms with Gasteiger partial charge >= 0.3 is 0 Å². The van der Waals surface area contributed by atoms with Crippen LogP contribution in [0.5, 0.6) is 0 Å². The van der Waals surface area contributed by atoms with Crippen LogP contribution < -0.4 is 5.73 Å². The van der Waals surface area contributed by atoms with E-state index in [2.05, 4.69) is 31.2 Å². The summed E-state index contributed by atoms with van der Waals surface area (Å²) >= 11 is 0. The number of amides is 1. The molecule has 0 heterocycles. The second-order valence-electron chi connectivity index (χ2n) is 4.00. The third-order valence-electron chi connectivity index (χ3n) is 2.72. The molecule has 0 bridgehead atoms. The summed E-state index contributed by atoms with van der Waals surface area (Å²) in [5, 5.41) is 0. The van der Waals surface area contributed by atoms with E-state index in [0.717, 1.165) is 18.4 Å². The molecule has 0 aromatic heterocycles. The summed E-state index contributed by atoms with van der Waals surface area (Å²) in [5.74, 6) is -0.422. The van der Waals surface area contributed by atoms with Crippen molar-refractivity contribution in [1.82, 2.24) is 0 Å². The number of carbonyl (C=O) groups is 1. The maximum atomic E-state index is 11.0. The number of rotatable bonds is 2. The lowest BCUT2D eigenvalue weighted by Crippen LogP contribution is -2.10. The molecule has 0 aliphatic heterocycles. The summed E-state index contributed by atoms with van der Waals surface area (Å²) < 4.78 is 0. The average Bonchev–Trinajstić information content (AvgIpc) is 2.30. The minimum absolute atomic E-state index is 0.422. The Morgan fingerprint density at radius 3 is 2.81 bits per heavy atom. The van der Waals surface area contributed by atoms with Crippen molar-refractivity contribution in [1.29, 1.82) is 0 Å². The fourth-order valence-corrected chi connectivity index (χ4v) is 1.71. The second kappa shape index (κ2) is 4.24. The van der Waals surface area contributed by atoms with Crippen LogP contribution in [0.2, 0.25) is 0 Å². The van der Waals surface area contributed by atoms with Gasteiger partial charge in [0.05, 0.1) is 0 Å². The Morgan fingerprint density at radius 1 is 1.38 bits per heavy atom. The molecule has 0 fully saturated rings. The first kappa shape index (κ1) is 10.5. The lowest BCUT2D eigenvalue weighted by molar-refractivity contribution is 0.100. The van der Waals surface area contributed by atoms with Crippen LogP contribution in [0.3, 0.4) is 0 Å². The first-order valence-electron chi connectivity index (χ1n) is 5.27. The Bertz CT molecular complexity index is 483. The summed E-state index contributed by atoms with van der Waals surface area (Å²) in [6, 6.07) is 9.19. The molecule has 1 amide bonds. The highest BCUT2D eigenvalue weighted by Crippen LogP contribution is 2.25. The SMILES string of the molecule is CC1=CC=C(c2c#ccc(C(N)=O)c2)CC1. The van der Waals surface area contributed by atoms with E-state index in [1.165, 1.54) is 11.1 Å². The van der Waals surface area contributed by atoms with E-state index >= 15 is 0 Å². The zero-order valence-electron chi connectivity index (χ0n) is 9.21. The summed E-state index contributed by atoms with van der Waals surface area (Å²) in [7, 11) is 0. The van der Waals surface area contributed by atoms with Crippen LogP contribution in [0.4, 0.5) is 0 Å². The van der Waals surface area contributed by atoms with Gasteiger partial charge in [0, 0.05) is 17.2 Å². The van der Waals surface area contributed by atoms with Crippen molar-refractivity contribution < 1.29 is 4.79 Å². The maximum absolute atomic E-state index is 11.0. The number of primary amides is 1. The molecule has 1 aromatic carbocycles. The quantitative estimate of drug-likeness (QED) is 0.802. The van der Waals surface area contributed by atoms with Crippen molar-refractivity contribution in [2.75, 3.05) is 0 Å². The number of hydrogen-bond acceptors (Lipinski definition) is 1. The van der Waals surface area contributed by atoms with E-state index in [0.29, 0.717) is 5.56 Å². The van der Waals surface area contributed by atoms with E-state index in [-0.39, 0.29) is 0 Å². The molecule has 1 aromatic rings. The van der Waals surface area contributed by atoms with Gasteiger partial charge in [-0.25, -0.2) is 0 Å². The van der Waals surface area contributed by atoms with Gasteiger partial charge in [-0.1, -0.05) is 29.9 Å². The molecule has 2 heteroatoms. The predicted octanol–water partition coefficient (Wildman–Crippen LogP) is 2.51. The number of allylic oxidation sites excluding steroid dienone is 4. The molecule has 0 atom stereocenters. The monoisotopic (exact) mass is 211 g/mol. The van der Waals surface area contributed by atoms with Crippen molar-refractivity contribution in [3.63, 3.8) is 0 Å². The summed E-state index contributed by atoms with van der Waals surface area (Å²) in [4.78, 5) is 11.0. The third-order valence-corrected chi connectivity index (χ3v) is 2.72. The summed E-state index contributed by atoms with van der Waals surface area (Å²) in [5.41, 5.74) is 9.19. The van der Waals surface area contributed by atoms with E-state index in [1.807, 2.05) is 0 Å². The fourth-order valence-electron chi connectivity index (χ4n) is 1.71. The van der Waals surface area contributed by atoms with Crippen LogP contribution >= 0.6 is 0 Å². The standard InChI is InChI=1S/C14H13NO/c1-10-5-7-11(8-6-10)12-3-2-4-13(9-12)14(15)16/h4-5,7,9H,6,8H2,1H3,(H2,15,16). The molecule has 0 spiro atoms. The highest BCUT2D eigenvalue weighted by molar-refractivity contribution is 5.93. The van der Waals surface area contributed by atoms with Gasteiger partial charge in [0.25, 0.3) is 0 Å². The van der Waals surface area contributed by atoms with Crippen molar-refractivity contribution in [2.45, 2.75) is 19.8 Å². The molecule has 0 saturated carbocycles. The Morgan fingerprint density at radius 2 is 2.19 bits per heavy atom. The Hall–Kier alpha value is -2.01. The predicted molar refractivity (Wildman–Crippen MR) is 63.6 cm³/mol. The fraction of sp³-hybridized carbons (Fsp3) is 0.214. The van der Waals surface area contributed by atoms with Gasteiger partial charge in [-0.3, -0.25) is 4.79 Å². The molecule has 2 nitrogen and oxygen atoms in total. The molecule has 16 heavy (non-hydrogen) atoms. The van der Waals surface area contributed by atoms with E-state index in [4.69, 9.17) is 5.73 Å². The summed E-state index contributed by atoms with van der Waals surface area (Å²) in [6.45, 7) is 2.11. The van der Waals surface area contributed by atoms with E-state index in [9.17, 15) is 4.79 Å². The highest BCUT2D eigenvalue weighted by atomic mass is 16.1. The molecular weight excluding hydrogens is 198 g/mol. The smallest absolute Gasteiger partial charge is 0.249 e. The molecule has 1 aliphatic rings. The lowest BCUT2D eigenvalue weighted by Gasteiger charge is -2.10. The van der Waals surface area contributed by atoms with Crippen LogP contribution in [0.25, 0.3) is 5.57 Å². The van der Waals surface area contributed by atoms with Crippen molar-refractivity contribution in [3.05, 3.63) is 53.1 Å². The highest BCUT2D eigenvalue weighted by Gasteiger charge is 2.07. The first-order chi connectivity index (χ1) is 7.66. The van der Waals surface area contributed by atoms with Crippen molar-refractivity contribution in [3.8, 4) is 0 Å². The Labute approximate surface area is 95.5 Å². The van der Waals surface area contributed by atoms with Gasteiger partial charge in [0.15, 0.2) is 0 Å². The maximum Gasteiger partial charge on any atom is 0.249 e. The largest absolute Gasteiger partial charge is 0.366 e. The van der Waals surface area contributed by atoms with Gasteiger partial charge in [-0.05, 0) is 31.4 Å². The Kier molecular flexibility index (Phi) is 2.78. The van der Waals surface area contributed by atoms with Gasteiger partial charge < -0.3 is 5.73 Å². The molecule has 0 unspecified atom stereocenters. The van der Waals surface area contributed by atoms with Gasteiger partial charge in [0.2, 0.25) is 5.91 Å². The normalized spacial score (nSPS) is 14.8. The molecule has 80 valence electrons. The van der Waals surface area contributed by atoms with Crippen LogP contribution in [-0.4, -0.2) is 5.91 Å². The average molecular weight is 211 g/mol. The molecule has 2 N–H and O–H groups in total. The molecule has 1 aliphatic carbocycles. The second-order valence-corrected chi connectivity index (χ2v) is 4.00. The van der Waals surface area contributed by atoms with Crippen molar-refractivity contribution in [2.24, 2.45) is 5.73 Å². The van der Waals surface area contributed by atoms with Gasteiger partial charge in [-0.15, -0.1) is 0 Å². The van der Waals surface area contributed by atoms with E-state index in [1.54, 1.807) is 12.1 Å². The zero-order chi connectivity index (χ0) is 11.5. The molecule has 0 saturated heterocycles. The lowest BCUT2D eigenvalue weighted by atomic mass is 9.94. The first-order valence-corrected chi connectivity index (χ1v) is 5.27. The number of hydrogen-bond donors (Lipinski definition) is 1. The zero-order valence-corrected chi connectivity index (χ0v) is 9.21. The topological polar surface area (TPSA) is 43.1 Å². The minimum Gasteiger partial charge on any atom is -0.366 e. The van der Waals surface area contributed by atoms with Crippen molar-refractivity contribution >= 4 is 11.5 Å².